The summed E-state index contributed by atoms with van der Waals surface area (Å²) >= 11 is 0. The highest BCUT2D eigenvalue weighted by Crippen LogP contribution is 2.14. The van der Waals surface area contributed by atoms with Crippen molar-refractivity contribution < 1.29 is 19.8 Å². The number of carboxylic acids is 1. The predicted molar refractivity (Wildman–Crippen MR) is 89.2 cm³/mol. The molecule has 8 N–H and O–H groups in total. The van der Waals surface area contributed by atoms with Crippen LogP contribution >= 0.6 is 0 Å². The van der Waals surface area contributed by atoms with Crippen molar-refractivity contribution in [2.24, 2.45) is 17.2 Å². The Morgan fingerprint density at radius 1 is 1.30 bits per heavy atom. The molecule has 0 bridgehead atoms. The summed E-state index contributed by atoms with van der Waals surface area (Å²) in [5.41, 5.74) is 15.9. The van der Waals surface area contributed by atoms with Gasteiger partial charge in [-0.15, -0.1) is 0 Å². The lowest BCUT2D eigenvalue weighted by molar-refractivity contribution is -0.138. The molecule has 0 spiro atoms. The third kappa shape index (κ3) is 11.3. The van der Waals surface area contributed by atoms with Crippen molar-refractivity contribution in [3.8, 4) is 5.75 Å². The van der Waals surface area contributed by atoms with Crippen molar-refractivity contribution in [2.75, 3.05) is 6.54 Å². The van der Waals surface area contributed by atoms with Crippen molar-refractivity contribution >= 4 is 12.3 Å². The monoisotopic (exact) mass is 325 g/mol. The first-order valence-corrected chi connectivity index (χ1v) is 7.59. The fourth-order valence-electron chi connectivity index (χ4n) is 1.83. The van der Waals surface area contributed by atoms with Crippen molar-refractivity contribution in [1.82, 2.24) is 0 Å². The largest absolute Gasteiger partial charge is 0.508 e. The molecule has 0 saturated heterocycles. The Morgan fingerprint density at radius 2 is 1.91 bits per heavy atom. The SMILES string of the molecule is NC1CCCCC1.NC[C@H](N)C(=O)O.O=Cc1cccc(O)c1. The minimum atomic E-state index is -1.05. The third-order valence-electron chi connectivity index (χ3n) is 3.23. The molecule has 23 heavy (non-hydrogen) atoms. The zero-order valence-corrected chi connectivity index (χ0v) is 13.2. The average molecular weight is 325 g/mol. The van der Waals surface area contributed by atoms with E-state index in [0.717, 1.165) is 0 Å². The first kappa shape index (κ1) is 21.0. The van der Waals surface area contributed by atoms with Gasteiger partial charge in [0.2, 0.25) is 0 Å². The van der Waals surface area contributed by atoms with Gasteiger partial charge in [-0.1, -0.05) is 31.4 Å². The van der Waals surface area contributed by atoms with Crippen molar-refractivity contribution in [2.45, 2.75) is 44.2 Å². The maximum atomic E-state index is 10.0. The van der Waals surface area contributed by atoms with Crippen LogP contribution in [-0.2, 0) is 4.79 Å². The van der Waals surface area contributed by atoms with E-state index in [1.807, 2.05) is 0 Å². The molecule has 1 aromatic carbocycles. The van der Waals surface area contributed by atoms with E-state index < -0.39 is 12.0 Å². The quantitative estimate of drug-likeness (QED) is 0.516. The Labute approximate surface area is 136 Å². The van der Waals surface area contributed by atoms with E-state index in [9.17, 15) is 9.59 Å². The fourth-order valence-corrected chi connectivity index (χ4v) is 1.83. The molecule has 7 nitrogen and oxygen atoms in total. The number of hydrogen-bond acceptors (Lipinski definition) is 6. The summed E-state index contributed by atoms with van der Waals surface area (Å²) in [6, 6.07) is 5.82. The lowest BCUT2D eigenvalue weighted by Gasteiger charge is -2.15. The number of aliphatic carboxylic acids is 1. The molecular formula is C16H27N3O4. The van der Waals surface area contributed by atoms with Gasteiger partial charge in [-0.05, 0) is 25.0 Å². The fraction of sp³-hybridized carbons (Fsp3) is 0.500. The second-order valence-electron chi connectivity index (χ2n) is 5.29. The lowest BCUT2D eigenvalue weighted by atomic mass is 9.97. The number of carboxylic acid groups (broad SMARTS) is 1. The molecular weight excluding hydrogens is 298 g/mol. The van der Waals surface area contributed by atoms with Crippen LogP contribution < -0.4 is 17.2 Å². The minimum Gasteiger partial charge on any atom is -0.508 e. The van der Waals surface area contributed by atoms with Gasteiger partial charge in [0.1, 0.15) is 18.1 Å². The first-order valence-electron chi connectivity index (χ1n) is 7.59. The Kier molecular flexibility index (Phi) is 11.5. The lowest BCUT2D eigenvalue weighted by Crippen LogP contribution is -2.37. The maximum Gasteiger partial charge on any atom is 0.321 e. The number of benzene rings is 1. The molecule has 1 atom stereocenters. The van der Waals surface area contributed by atoms with Crippen LogP contribution in [0.25, 0.3) is 0 Å². The zero-order chi connectivity index (χ0) is 17.7. The molecule has 1 aromatic rings. The van der Waals surface area contributed by atoms with Crippen LogP contribution in [0.15, 0.2) is 24.3 Å². The van der Waals surface area contributed by atoms with E-state index in [1.165, 1.54) is 44.2 Å². The summed E-state index contributed by atoms with van der Waals surface area (Å²) in [5, 5.41) is 16.8. The van der Waals surface area contributed by atoms with Crippen LogP contribution in [-0.4, -0.2) is 41.1 Å². The molecule has 7 heteroatoms. The number of phenols is 1. The standard InChI is InChI=1S/C7H6O2.C6H13N.C3H8N2O2/c8-5-6-2-1-3-7(9)4-6;7-6-4-2-1-3-5-6;4-1-2(5)3(6)7/h1-5,9H;6H,1-5,7H2;2H,1,4-5H2,(H,6,7)/t;;2-/m..0/s1. The summed E-state index contributed by atoms with van der Waals surface area (Å²) in [7, 11) is 0. The molecule has 2 rings (SSSR count). The van der Waals surface area contributed by atoms with Crippen LogP contribution in [0.2, 0.25) is 0 Å². The van der Waals surface area contributed by atoms with Crippen molar-refractivity contribution in [3.05, 3.63) is 29.8 Å². The first-order chi connectivity index (χ1) is 10.9. The highest BCUT2D eigenvalue weighted by atomic mass is 16.4. The summed E-state index contributed by atoms with van der Waals surface area (Å²) in [6.07, 6.45) is 7.36. The van der Waals surface area contributed by atoms with Crippen molar-refractivity contribution in [3.63, 3.8) is 0 Å². The number of carbonyl (C=O) groups is 2. The molecule has 0 amide bonds. The molecule has 1 fully saturated rings. The number of phenolic OH excluding ortho intramolecular Hbond substituents is 1. The van der Waals surface area contributed by atoms with Gasteiger partial charge in [0.05, 0.1) is 0 Å². The van der Waals surface area contributed by atoms with Crippen LogP contribution in [0, 0.1) is 0 Å². The molecule has 0 aromatic heterocycles. The van der Waals surface area contributed by atoms with Crippen molar-refractivity contribution in [1.29, 1.82) is 0 Å². The third-order valence-corrected chi connectivity index (χ3v) is 3.23. The maximum absolute atomic E-state index is 10.0. The average Bonchev–Trinajstić information content (AvgIpc) is 2.55. The van der Waals surface area contributed by atoms with Gasteiger partial charge in [0.15, 0.2) is 0 Å². The number of rotatable bonds is 3. The molecule has 0 aliphatic heterocycles. The molecule has 0 radical (unpaired) electrons. The highest BCUT2D eigenvalue weighted by Gasteiger charge is 2.06. The van der Waals surface area contributed by atoms with E-state index in [2.05, 4.69) is 0 Å². The number of aldehydes is 1. The number of nitrogens with two attached hydrogens (primary N) is 3. The van der Waals surface area contributed by atoms with Gasteiger partial charge < -0.3 is 27.4 Å². The Balaban J connectivity index is 0.000000320. The summed E-state index contributed by atoms with van der Waals surface area (Å²) in [6.45, 7) is -0.00463. The molecule has 1 saturated carbocycles. The van der Waals surface area contributed by atoms with E-state index in [-0.39, 0.29) is 12.3 Å². The summed E-state index contributed by atoms with van der Waals surface area (Å²) < 4.78 is 0. The minimum absolute atomic E-state index is 0.00463. The topological polar surface area (TPSA) is 153 Å². The predicted octanol–water partition coefficient (Wildman–Crippen LogP) is 0.840. The number of hydrogen-bond donors (Lipinski definition) is 5. The van der Waals surface area contributed by atoms with E-state index >= 15 is 0 Å². The van der Waals surface area contributed by atoms with Gasteiger partial charge in [0, 0.05) is 18.2 Å². The molecule has 0 heterocycles. The molecule has 0 unspecified atom stereocenters. The van der Waals surface area contributed by atoms with E-state index in [1.54, 1.807) is 12.1 Å². The summed E-state index contributed by atoms with van der Waals surface area (Å²) in [5.74, 6) is -0.929. The smallest absolute Gasteiger partial charge is 0.321 e. The van der Waals surface area contributed by atoms with Crippen LogP contribution in [0.5, 0.6) is 5.75 Å². The Morgan fingerprint density at radius 3 is 2.17 bits per heavy atom. The van der Waals surface area contributed by atoms with Crippen LogP contribution in [0.1, 0.15) is 42.5 Å². The van der Waals surface area contributed by atoms with Crippen LogP contribution in [0.3, 0.4) is 0 Å². The molecule has 1 aliphatic rings. The van der Waals surface area contributed by atoms with Gasteiger partial charge in [-0.3, -0.25) is 9.59 Å². The van der Waals surface area contributed by atoms with Gasteiger partial charge in [0.25, 0.3) is 0 Å². The van der Waals surface area contributed by atoms with E-state index in [4.69, 9.17) is 27.4 Å². The summed E-state index contributed by atoms with van der Waals surface area (Å²) in [4.78, 5) is 19.8. The number of aromatic hydroxyl groups is 1. The Bertz CT molecular complexity index is 462. The zero-order valence-electron chi connectivity index (χ0n) is 13.2. The second-order valence-corrected chi connectivity index (χ2v) is 5.29. The van der Waals surface area contributed by atoms with E-state index in [0.29, 0.717) is 17.9 Å². The Hall–Kier alpha value is -1.96. The molecule has 130 valence electrons. The van der Waals surface area contributed by atoms with Crippen LogP contribution in [0.4, 0.5) is 0 Å². The second kappa shape index (κ2) is 12.6. The van der Waals surface area contributed by atoms with Gasteiger partial charge in [-0.2, -0.15) is 0 Å². The molecule has 1 aliphatic carbocycles. The number of carbonyl (C=O) groups excluding carboxylic acids is 1. The van der Waals surface area contributed by atoms with Gasteiger partial charge in [-0.25, -0.2) is 0 Å². The highest BCUT2D eigenvalue weighted by molar-refractivity contribution is 5.75. The normalized spacial score (nSPS) is 15.3. The van der Waals surface area contributed by atoms with Gasteiger partial charge >= 0.3 is 5.97 Å².